The lowest BCUT2D eigenvalue weighted by atomic mass is 10.3. The Kier molecular flexibility index (Phi) is 8.02. The first-order chi connectivity index (χ1) is 9.15. The molecule has 0 amide bonds. The van der Waals surface area contributed by atoms with E-state index in [0.717, 1.165) is 23.1 Å². The molecule has 5 heteroatoms. The van der Waals surface area contributed by atoms with Crippen molar-refractivity contribution in [1.82, 2.24) is 5.32 Å². The highest BCUT2D eigenvalue weighted by molar-refractivity contribution is 9.10. The van der Waals surface area contributed by atoms with Gasteiger partial charge in [-0.1, -0.05) is 15.9 Å². The van der Waals surface area contributed by atoms with Crippen LogP contribution in [0.3, 0.4) is 0 Å². The Bertz CT molecular complexity index is 377. The molecule has 1 aromatic rings. The van der Waals surface area contributed by atoms with Crippen LogP contribution in [0.2, 0.25) is 0 Å². The zero-order valence-electron chi connectivity index (χ0n) is 11.6. The molecule has 19 heavy (non-hydrogen) atoms. The maximum Gasteiger partial charge on any atom is 0.170 e. The second kappa shape index (κ2) is 9.28. The highest BCUT2D eigenvalue weighted by Gasteiger charge is 2.02. The van der Waals surface area contributed by atoms with E-state index in [1.54, 1.807) is 4.90 Å². The summed E-state index contributed by atoms with van der Waals surface area (Å²) in [7, 11) is 0. The van der Waals surface area contributed by atoms with Crippen molar-refractivity contribution in [3.8, 4) is 0 Å². The summed E-state index contributed by atoms with van der Waals surface area (Å²) < 4.78 is 1.07. The van der Waals surface area contributed by atoms with Crippen LogP contribution in [0, 0.1) is 0 Å². The van der Waals surface area contributed by atoms with Crippen molar-refractivity contribution >= 4 is 38.9 Å². The van der Waals surface area contributed by atoms with E-state index >= 15 is 0 Å². The third kappa shape index (κ3) is 6.89. The highest BCUT2D eigenvalue weighted by atomic mass is 79.9. The van der Waals surface area contributed by atoms with Gasteiger partial charge in [0.1, 0.15) is 0 Å². The van der Waals surface area contributed by atoms with Gasteiger partial charge in [-0.25, -0.2) is 0 Å². The molecule has 3 nitrogen and oxygen atoms in total. The van der Waals surface area contributed by atoms with Crippen LogP contribution >= 0.6 is 28.1 Å². The average Bonchev–Trinajstić information content (AvgIpc) is 2.42. The van der Waals surface area contributed by atoms with Crippen LogP contribution in [0.15, 0.2) is 28.7 Å². The number of hydrogen-bond acceptors (Lipinski definition) is 1. The van der Waals surface area contributed by atoms with E-state index in [4.69, 9.17) is 12.2 Å². The molecule has 0 bridgehead atoms. The number of thiocarbonyl (C=S) groups is 1. The lowest BCUT2D eigenvalue weighted by molar-refractivity contribution is -0.896. The van der Waals surface area contributed by atoms with Gasteiger partial charge in [-0.3, -0.25) is 0 Å². The Morgan fingerprint density at radius 1 is 1.21 bits per heavy atom. The van der Waals surface area contributed by atoms with Crippen molar-refractivity contribution in [2.45, 2.75) is 20.3 Å². The highest BCUT2D eigenvalue weighted by Crippen LogP contribution is 2.13. The normalized spacial score (nSPS) is 10.5. The van der Waals surface area contributed by atoms with E-state index in [-0.39, 0.29) is 0 Å². The summed E-state index contributed by atoms with van der Waals surface area (Å²) in [4.78, 5) is 1.63. The molecule has 0 radical (unpaired) electrons. The van der Waals surface area contributed by atoms with Crippen LogP contribution in [0.25, 0.3) is 0 Å². The molecule has 0 unspecified atom stereocenters. The predicted molar refractivity (Wildman–Crippen MR) is 89.9 cm³/mol. The molecule has 0 saturated heterocycles. The summed E-state index contributed by atoms with van der Waals surface area (Å²) in [6.07, 6.45) is 1.14. The smallest absolute Gasteiger partial charge is 0.170 e. The van der Waals surface area contributed by atoms with Crippen LogP contribution in [-0.2, 0) is 0 Å². The standard InChI is InChI=1S/C14H22BrN3S/c1-3-18(4-2)11-5-10-16-14(19)17-13-8-6-12(15)7-9-13/h6-9H,3-5,10-11H2,1-2H3,(H2,16,17,19)/p+1. The Balaban J connectivity index is 2.19. The van der Waals surface area contributed by atoms with E-state index in [0.29, 0.717) is 5.11 Å². The molecule has 3 N–H and O–H groups in total. The quantitative estimate of drug-likeness (QED) is 0.522. The molecular formula is C14H23BrN3S+. The van der Waals surface area contributed by atoms with E-state index < -0.39 is 0 Å². The number of nitrogens with one attached hydrogen (secondary N) is 3. The first-order valence-electron chi connectivity index (χ1n) is 6.79. The molecule has 0 spiro atoms. The Morgan fingerprint density at radius 3 is 2.42 bits per heavy atom. The first kappa shape index (κ1) is 16.4. The van der Waals surface area contributed by atoms with Crippen LogP contribution in [0.1, 0.15) is 20.3 Å². The molecule has 0 aromatic heterocycles. The van der Waals surface area contributed by atoms with Crippen molar-refractivity contribution in [3.05, 3.63) is 28.7 Å². The molecule has 0 saturated carbocycles. The first-order valence-corrected chi connectivity index (χ1v) is 7.99. The number of hydrogen-bond donors (Lipinski definition) is 3. The van der Waals surface area contributed by atoms with Gasteiger partial charge in [0, 0.05) is 23.1 Å². The van der Waals surface area contributed by atoms with Crippen molar-refractivity contribution in [2.75, 3.05) is 31.5 Å². The molecule has 0 aliphatic carbocycles. The number of halogens is 1. The molecule has 0 atom stereocenters. The molecule has 0 fully saturated rings. The summed E-state index contributed by atoms with van der Waals surface area (Å²) in [5, 5.41) is 7.11. The zero-order chi connectivity index (χ0) is 14.1. The third-order valence-electron chi connectivity index (χ3n) is 3.09. The van der Waals surface area contributed by atoms with Gasteiger partial charge >= 0.3 is 0 Å². The van der Waals surface area contributed by atoms with Gasteiger partial charge in [-0.15, -0.1) is 0 Å². The van der Waals surface area contributed by atoms with Crippen molar-refractivity contribution in [1.29, 1.82) is 0 Å². The minimum absolute atomic E-state index is 0.692. The molecule has 0 heterocycles. The average molecular weight is 345 g/mol. The minimum atomic E-state index is 0.692. The van der Waals surface area contributed by atoms with Gasteiger partial charge in [0.2, 0.25) is 0 Å². The van der Waals surface area contributed by atoms with Crippen LogP contribution in [0.4, 0.5) is 5.69 Å². The second-order valence-electron chi connectivity index (χ2n) is 4.45. The molecule has 1 rings (SSSR count). The fourth-order valence-corrected chi connectivity index (χ4v) is 2.34. The Hall–Kier alpha value is -0.650. The monoisotopic (exact) mass is 344 g/mol. The molecule has 1 aromatic carbocycles. The fraction of sp³-hybridized carbons (Fsp3) is 0.500. The number of quaternary nitrogens is 1. The molecule has 106 valence electrons. The van der Waals surface area contributed by atoms with Crippen molar-refractivity contribution < 1.29 is 4.90 Å². The van der Waals surface area contributed by atoms with Crippen LogP contribution in [-0.4, -0.2) is 31.3 Å². The summed E-state index contributed by atoms with van der Waals surface area (Å²) in [6.45, 7) is 8.96. The summed E-state index contributed by atoms with van der Waals surface area (Å²) in [5.41, 5.74) is 1.01. The number of benzene rings is 1. The lowest BCUT2D eigenvalue weighted by Gasteiger charge is -2.16. The Morgan fingerprint density at radius 2 is 1.84 bits per heavy atom. The lowest BCUT2D eigenvalue weighted by Crippen LogP contribution is -3.11. The van der Waals surface area contributed by atoms with Gasteiger partial charge in [-0.2, -0.15) is 0 Å². The summed E-state index contributed by atoms with van der Waals surface area (Å²) >= 11 is 8.68. The van der Waals surface area contributed by atoms with Crippen LogP contribution < -0.4 is 15.5 Å². The largest absolute Gasteiger partial charge is 0.362 e. The van der Waals surface area contributed by atoms with Crippen molar-refractivity contribution in [3.63, 3.8) is 0 Å². The maximum absolute atomic E-state index is 5.26. The van der Waals surface area contributed by atoms with E-state index in [2.05, 4.69) is 40.4 Å². The predicted octanol–water partition coefficient (Wildman–Crippen LogP) is 2.05. The number of rotatable bonds is 7. The molecular weight excluding hydrogens is 322 g/mol. The number of anilines is 1. The molecule has 0 aliphatic heterocycles. The maximum atomic E-state index is 5.26. The van der Waals surface area contributed by atoms with Gasteiger partial charge < -0.3 is 15.5 Å². The summed E-state index contributed by atoms with van der Waals surface area (Å²) in [5.74, 6) is 0. The van der Waals surface area contributed by atoms with Crippen molar-refractivity contribution in [2.24, 2.45) is 0 Å². The van der Waals surface area contributed by atoms with Gasteiger partial charge in [-0.05, 0) is 50.3 Å². The third-order valence-corrected chi connectivity index (χ3v) is 3.87. The van der Waals surface area contributed by atoms with Gasteiger partial charge in [0.05, 0.1) is 19.6 Å². The fourth-order valence-electron chi connectivity index (χ4n) is 1.85. The SMILES string of the molecule is CC[NH+](CC)CCCNC(=S)Nc1ccc(Br)cc1. The van der Waals surface area contributed by atoms with E-state index in [9.17, 15) is 0 Å². The zero-order valence-corrected chi connectivity index (χ0v) is 14.0. The summed E-state index contributed by atoms with van der Waals surface area (Å²) in [6, 6.07) is 7.99. The van der Waals surface area contributed by atoms with Gasteiger partial charge in [0.15, 0.2) is 5.11 Å². The second-order valence-corrected chi connectivity index (χ2v) is 5.77. The van der Waals surface area contributed by atoms with E-state index in [1.165, 1.54) is 19.6 Å². The van der Waals surface area contributed by atoms with Gasteiger partial charge in [0.25, 0.3) is 0 Å². The molecule has 0 aliphatic rings. The Labute approximate surface area is 129 Å². The topological polar surface area (TPSA) is 28.5 Å². The van der Waals surface area contributed by atoms with E-state index in [1.807, 2.05) is 24.3 Å². The minimum Gasteiger partial charge on any atom is -0.362 e. The van der Waals surface area contributed by atoms with Crippen LogP contribution in [0.5, 0.6) is 0 Å².